The van der Waals surface area contributed by atoms with Crippen molar-refractivity contribution >= 4 is 26.8 Å². The number of piperazine rings is 1. The van der Waals surface area contributed by atoms with Crippen LogP contribution in [0.15, 0.2) is 0 Å². The lowest BCUT2D eigenvalue weighted by molar-refractivity contribution is -0.539. The molecule has 0 saturated carbocycles. The quantitative estimate of drug-likeness (QED) is 0.575. The average molecular weight is 275 g/mol. The number of hydrogen-bond acceptors (Lipinski definition) is 4. The van der Waals surface area contributed by atoms with Gasteiger partial charge in [-0.25, -0.2) is 5.32 Å². The van der Waals surface area contributed by atoms with Gasteiger partial charge in [0.1, 0.15) is 6.54 Å². The smallest absolute Gasteiger partial charge is 0.306 e. The molecule has 0 aliphatic carbocycles. The summed E-state index contributed by atoms with van der Waals surface area (Å²) in [5, 5.41) is 8.52. The van der Waals surface area contributed by atoms with Gasteiger partial charge in [0, 0.05) is 23.4 Å². The van der Waals surface area contributed by atoms with E-state index in [1.807, 2.05) is 21.6 Å². The van der Waals surface area contributed by atoms with E-state index in [-0.39, 0.29) is 0 Å². The third-order valence-corrected chi connectivity index (χ3v) is 5.89. The minimum Gasteiger partial charge on any atom is -0.306 e. The molecule has 0 spiro atoms. The van der Waals surface area contributed by atoms with Crippen LogP contribution in [0.3, 0.4) is 0 Å². The largest absolute Gasteiger partial charge is 0.319 e. The zero-order valence-corrected chi connectivity index (χ0v) is 12.7. The van der Waals surface area contributed by atoms with E-state index < -0.39 is 0 Å². The minimum atomic E-state index is 0.405. The number of nitrogens with zero attached hydrogens (tertiary/aromatic N) is 2. The summed E-state index contributed by atoms with van der Waals surface area (Å²) < 4.78 is 2.49. The lowest BCUT2D eigenvalue weighted by atomic mass is 10.0. The molecule has 2 atom stereocenters. The summed E-state index contributed by atoms with van der Waals surface area (Å²) in [5.74, 6) is 0.696. The van der Waals surface area contributed by atoms with E-state index in [0.29, 0.717) is 17.5 Å². The molecule has 4 nitrogen and oxygen atoms in total. The molecular weight excluding hydrogens is 252 g/mol. The summed E-state index contributed by atoms with van der Waals surface area (Å²) in [5.41, 5.74) is 0.405. The molecular formula is C11H23N4S2+. The summed E-state index contributed by atoms with van der Waals surface area (Å²) >= 11 is 0. The lowest BCUT2D eigenvalue weighted by Gasteiger charge is -2.28. The Morgan fingerprint density at radius 1 is 1.41 bits per heavy atom. The lowest BCUT2D eigenvalue weighted by Crippen LogP contribution is -2.52. The van der Waals surface area contributed by atoms with Crippen LogP contribution in [0.25, 0.3) is 0 Å². The van der Waals surface area contributed by atoms with Crippen LogP contribution >= 0.6 is 21.6 Å². The molecule has 17 heavy (non-hydrogen) atoms. The Kier molecular flexibility index (Phi) is 4.63. The standard InChI is InChI=1S/C11H22N4S2/c1-8(2)9-7-15(6-5-12-9)11-13-10(14(3)4)16-17-11/h8-10,12H,5-7H2,1-4H3/p+1. The normalized spacial score (nSPS) is 34.5. The summed E-state index contributed by atoms with van der Waals surface area (Å²) in [7, 11) is 8.00. The molecule has 6 heteroatoms. The van der Waals surface area contributed by atoms with Gasteiger partial charge in [-0.1, -0.05) is 13.8 Å². The second kappa shape index (κ2) is 5.82. The molecule has 0 radical (unpaired) electrons. The van der Waals surface area contributed by atoms with Crippen molar-refractivity contribution < 1.29 is 4.58 Å². The van der Waals surface area contributed by atoms with Crippen molar-refractivity contribution in [1.29, 1.82) is 0 Å². The Labute approximate surface area is 112 Å². The first kappa shape index (κ1) is 13.5. The molecule has 0 amide bonds. The van der Waals surface area contributed by atoms with Gasteiger partial charge in [0.05, 0.1) is 6.54 Å². The van der Waals surface area contributed by atoms with Crippen molar-refractivity contribution in [2.45, 2.75) is 25.4 Å². The van der Waals surface area contributed by atoms with Crippen molar-refractivity contribution in [3.05, 3.63) is 0 Å². The highest BCUT2D eigenvalue weighted by molar-refractivity contribution is 8.83. The highest BCUT2D eigenvalue weighted by Gasteiger charge is 2.34. The van der Waals surface area contributed by atoms with Gasteiger partial charge in [-0.3, -0.25) is 9.48 Å². The maximum atomic E-state index is 3.60. The van der Waals surface area contributed by atoms with E-state index >= 15 is 0 Å². The van der Waals surface area contributed by atoms with Gasteiger partial charge >= 0.3 is 5.17 Å². The molecule has 2 saturated heterocycles. The molecule has 0 aromatic heterocycles. The molecule has 0 bridgehead atoms. The van der Waals surface area contributed by atoms with Gasteiger partial charge in [0.2, 0.25) is 5.50 Å². The summed E-state index contributed by atoms with van der Waals surface area (Å²) in [6.45, 7) is 7.90. The first-order chi connectivity index (χ1) is 8.08. The highest BCUT2D eigenvalue weighted by atomic mass is 33.1. The van der Waals surface area contributed by atoms with Crippen LogP contribution < -0.4 is 10.6 Å². The van der Waals surface area contributed by atoms with Crippen molar-refractivity contribution in [3.63, 3.8) is 0 Å². The summed E-state index contributed by atoms with van der Waals surface area (Å²) in [4.78, 5) is 2.22. The van der Waals surface area contributed by atoms with Crippen LogP contribution in [-0.2, 0) is 0 Å². The summed E-state index contributed by atoms with van der Waals surface area (Å²) in [6.07, 6.45) is 0. The Morgan fingerprint density at radius 3 is 2.76 bits per heavy atom. The van der Waals surface area contributed by atoms with E-state index in [1.165, 1.54) is 5.17 Å². The van der Waals surface area contributed by atoms with Crippen LogP contribution in [0.2, 0.25) is 0 Å². The molecule has 2 heterocycles. The fraction of sp³-hybridized carbons (Fsp3) is 0.909. The third-order valence-electron chi connectivity index (χ3n) is 3.23. The van der Waals surface area contributed by atoms with Crippen LogP contribution in [0.1, 0.15) is 13.8 Å². The van der Waals surface area contributed by atoms with Crippen LogP contribution in [0, 0.1) is 5.92 Å². The number of amidine groups is 1. The van der Waals surface area contributed by atoms with Crippen LogP contribution in [-0.4, -0.2) is 59.9 Å². The Bertz CT molecular complexity index is 304. The third kappa shape index (κ3) is 3.30. The van der Waals surface area contributed by atoms with Crippen LogP contribution in [0.4, 0.5) is 0 Å². The zero-order chi connectivity index (χ0) is 12.4. The Morgan fingerprint density at radius 2 is 2.18 bits per heavy atom. The maximum Gasteiger partial charge on any atom is 0.319 e. The molecule has 2 aliphatic heterocycles. The predicted octanol–water partition coefficient (Wildman–Crippen LogP) is 0.812. The van der Waals surface area contributed by atoms with Gasteiger partial charge in [-0.15, -0.1) is 0 Å². The van der Waals surface area contributed by atoms with Crippen molar-refractivity contribution in [1.82, 2.24) is 15.5 Å². The first-order valence-electron chi connectivity index (χ1n) is 6.19. The van der Waals surface area contributed by atoms with Gasteiger partial charge in [-0.05, 0) is 30.8 Å². The van der Waals surface area contributed by atoms with E-state index in [1.54, 1.807) is 0 Å². The maximum absolute atomic E-state index is 3.60. The second-order valence-corrected chi connectivity index (χ2v) is 7.47. The minimum absolute atomic E-state index is 0.405. The monoisotopic (exact) mass is 275 g/mol. The summed E-state index contributed by atoms with van der Waals surface area (Å²) in [6, 6.07) is 0.613. The van der Waals surface area contributed by atoms with Crippen LogP contribution in [0.5, 0.6) is 0 Å². The van der Waals surface area contributed by atoms with E-state index in [4.69, 9.17) is 0 Å². The highest BCUT2D eigenvalue weighted by Crippen LogP contribution is 2.33. The second-order valence-electron chi connectivity index (χ2n) is 5.20. The fourth-order valence-corrected chi connectivity index (χ4v) is 4.70. The van der Waals surface area contributed by atoms with E-state index in [0.717, 1.165) is 19.6 Å². The van der Waals surface area contributed by atoms with E-state index in [9.17, 15) is 0 Å². The number of hydrogen-bond donors (Lipinski definition) is 2. The van der Waals surface area contributed by atoms with Crippen molar-refractivity contribution in [2.24, 2.45) is 5.92 Å². The fourth-order valence-electron chi connectivity index (χ4n) is 2.01. The predicted molar refractivity (Wildman–Crippen MR) is 77.4 cm³/mol. The Hall–Kier alpha value is 0.0900. The molecule has 2 aliphatic rings. The van der Waals surface area contributed by atoms with Gasteiger partial charge in [-0.2, -0.15) is 0 Å². The van der Waals surface area contributed by atoms with Crippen molar-refractivity contribution in [2.75, 3.05) is 33.7 Å². The molecule has 0 aromatic carbocycles. The van der Waals surface area contributed by atoms with Gasteiger partial charge < -0.3 is 5.32 Å². The number of rotatable bonds is 2. The molecule has 98 valence electrons. The zero-order valence-electron chi connectivity index (χ0n) is 11.1. The van der Waals surface area contributed by atoms with Crippen molar-refractivity contribution in [3.8, 4) is 0 Å². The van der Waals surface area contributed by atoms with Gasteiger partial charge in [0.25, 0.3) is 0 Å². The SMILES string of the molecule is CC(C)C1C[N+](=C2NC(N(C)C)SS2)CCN1. The molecule has 0 aromatic rings. The molecule has 2 N–H and O–H groups in total. The average Bonchev–Trinajstić information content (AvgIpc) is 2.78. The van der Waals surface area contributed by atoms with E-state index in [2.05, 4.69) is 48.1 Å². The molecule has 2 fully saturated rings. The topological polar surface area (TPSA) is 30.3 Å². The number of nitrogens with one attached hydrogen (secondary N) is 2. The van der Waals surface area contributed by atoms with Gasteiger partial charge in [0.15, 0.2) is 0 Å². The Balaban J connectivity index is 2.01. The molecule has 2 unspecified atom stereocenters. The molecule has 2 rings (SSSR count). The first-order valence-corrected chi connectivity index (χ1v) is 8.41.